The van der Waals surface area contributed by atoms with Gasteiger partial charge in [0.05, 0.1) is 18.3 Å². The van der Waals surface area contributed by atoms with Crippen molar-refractivity contribution in [2.45, 2.75) is 19.5 Å². The van der Waals surface area contributed by atoms with Gasteiger partial charge in [0.2, 0.25) is 5.91 Å². The van der Waals surface area contributed by atoms with Crippen LogP contribution in [0.3, 0.4) is 0 Å². The second kappa shape index (κ2) is 6.17. The van der Waals surface area contributed by atoms with Crippen molar-refractivity contribution in [1.82, 2.24) is 20.1 Å². The van der Waals surface area contributed by atoms with E-state index in [2.05, 4.69) is 15.4 Å². The summed E-state index contributed by atoms with van der Waals surface area (Å²) in [6, 6.07) is 11.8. The van der Waals surface area contributed by atoms with Crippen molar-refractivity contribution >= 4 is 16.8 Å². The molecule has 3 rings (SSSR count). The van der Waals surface area contributed by atoms with Gasteiger partial charge in [-0.2, -0.15) is 5.10 Å². The minimum atomic E-state index is 0.0198. The molecule has 0 aliphatic rings. The summed E-state index contributed by atoms with van der Waals surface area (Å²) in [4.78, 5) is 15.8. The quantitative estimate of drug-likeness (QED) is 0.779. The Morgan fingerprint density at radius 3 is 2.81 bits per heavy atom. The van der Waals surface area contributed by atoms with Gasteiger partial charge in [-0.1, -0.05) is 18.2 Å². The molecule has 2 aromatic heterocycles. The lowest BCUT2D eigenvalue weighted by molar-refractivity contribution is -0.121. The number of rotatable bonds is 5. The second-order valence-electron chi connectivity index (χ2n) is 4.81. The minimum absolute atomic E-state index is 0.0198. The van der Waals surface area contributed by atoms with Gasteiger partial charge in [0, 0.05) is 30.7 Å². The van der Waals surface area contributed by atoms with Crippen molar-refractivity contribution in [3.8, 4) is 0 Å². The molecule has 2 heterocycles. The average molecular weight is 280 g/mol. The molecule has 0 bridgehead atoms. The Labute approximate surface area is 122 Å². The smallest absolute Gasteiger partial charge is 0.222 e. The Morgan fingerprint density at radius 1 is 1.14 bits per heavy atom. The van der Waals surface area contributed by atoms with Crippen LogP contribution in [0.2, 0.25) is 0 Å². The largest absolute Gasteiger partial charge is 0.352 e. The molecule has 0 spiro atoms. The predicted molar refractivity (Wildman–Crippen MR) is 80.4 cm³/mol. The summed E-state index contributed by atoms with van der Waals surface area (Å²) in [6.07, 6.45) is 5.68. The van der Waals surface area contributed by atoms with E-state index in [9.17, 15) is 4.79 Å². The summed E-state index contributed by atoms with van der Waals surface area (Å²) in [6.45, 7) is 1.11. The maximum atomic E-state index is 11.9. The number of fused-ring (bicyclic) bond motifs is 1. The van der Waals surface area contributed by atoms with Crippen molar-refractivity contribution in [2.75, 3.05) is 0 Å². The van der Waals surface area contributed by atoms with Crippen molar-refractivity contribution in [2.24, 2.45) is 0 Å². The normalized spacial score (nSPS) is 10.7. The number of nitrogens with one attached hydrogen (secondary N) is 1. The third-order valence-electron chi connectivity index (χ3n) is 3.34. The van der Waals surface area contributed by atoms with E-state index in [1.54, 1.807) is 12.4 Å². The van der Waals surface area contributed by atoms with Gasteiger partial charge < -0.3 is 5.32 Å². The van der Waals surface area contributed by atoms with Crippen LogP contribution < -0.4 is 5.32 Å². The molecule has 0 radical (unpaired) electrons. The molecule has 106 valence electrons. The molecule has 3 aromatic rings. The SMILES string of the molecule is O=C(CCn1ncc2ccccc21)NCc1ccncc1. The lowest BCUT2D eigenvalue weighted by Crippen LogP contribution is -2.24. The first-order valence-corrected chi connectivity index (χ1v) is 6.89. The molecule has 0 unspecified atom stereocenters. The third-order valence-corrected chi connectivity index (χ3v) is 3.34. The summed E-state index contributed by atoms with van der Waals surface area (Å²) in [7, 11) is 0. The van der Waals surface area contributed by atoms with Crippen LogP contribution in [0.15, 0.2) is 55.0 Å². The number of aromatic nitrogens is 3. The van der Waals surface area contributed by atoms with E-state index in [1.807, 2.05) is 47.3 Å². The number of carbonyl (C=O) groups excluding carboxylic acids is 1. The van der Waals surface area contributed by atoms with Crippen LogP contribution in [0.4, 0.5) is 0 Å². The van der Waals surface area contributed by atoms with Crippen LogP contribution in [0.5, 0.6) is 0 Å². The van der Waals surface area contributed by atoms with Gasteiger partial charge in [-0.15, -0.1) is 0 Å². The first-order valence-electron chi connectivity index (χ1n) is 6.89. The van der Waals surface area contributed by atoms with E-state index in [4.69, 9.17) is 0 Å². The zero-order valence-corrected chi connectivity index (χ0v) is 11.6. The van der Waals surface area contributed by atoms with Gasteiger partial charge in [-0.3, -0.25) is 14.5 Å². The fourth-order valence-electron chi connectivity index (χ4n) is 2.20. The number of hydrogen-bond donors (Lipinski definition) is 1. The highest BCUT2D eigenvalue weighted by atomic mass is 16.1. The standard InChI is InChI=1S/C16H16N4O/c21-16(18-11-13-5-8-17-9-6-13)7-10-20-15-4-2-1-3-14(15)12-19-20/h1-6,8-9,12H,7,10-11H2,(H,18,21). The van der Waals surface area contributed by atoms with Gasteiger partial charge in [0.25, 0.3) is 0 Å². The Balaban J connectivity index is 1.54. The van der Waals surface area contributed by atoms with Crippen LogP contribution >= 0.6 is 0 Å². The molecular weight excluding hydrogens is 264 g/mol. The summed E-state index contributed by atoms with van der Waals surface area (Å²) < 4.78 is 1.86. The van der Waals surface area contributed by atoms with Crippen molar-refractivity contribution in [1.29, 1.82) is 0 Å². The highest BCUT2D eigenvalue weighted by molar-refractivity contribution is 5.79. The van der Waals surface area contributed by atoms with Gasteiger partial charge in [-0.05, 0) is 23.8 Å². The lowest BCUT2D eigenvalue weighted by Gasteiger charge is -2.06. The zero-order valence-electron chi connectivity index (χ0n) is 11.6. The Bertz CT molecular complexity index is 736. The van der Waals surface area contributed by atoms with E-state index in [0.29, 0.717) is 19.5 Å². The fraction of sp³-hybridized carbons (Fsp3) is 0.188. The van der Waals surface area contributed by atoms with Gasteiger partial charge >= 0.3 is 0 Å². The van der Waals surface area contributed by atoms with E-state index in [-0.39, 0.29) is 5.91 Å². The van der Waals surface area contributed by atoms with Crippen LogP contribution in [-0.2, 0) is 17.9 Å². The minimum Gasteiger partial charge on any atom is -0.352 e. The summed E-state index contributed by atoms with van der Waals surface area (Å²) in [5, 5.41) is 8.31. The number of benzene rings is 1. The molecule has 21 heavy (non-hydrogen) atoms. The van der Waals surface area contributed by atoms with Crippen LogP contribution in [0.1, 0.15) is 12.0 Å². The Morgan fingerprint density at radius 2 is 1.95 bits per heavy atom. The number of carbonyl (C=O) groups is 1. The number of para-hydroxylation sites is 1. The number of pyridine rings is 1. The van der Waals surface area contributed by atoms with Crippen molar-refractivity contribution in [3.05, 3.63) is 60.6 Å². The molecule has 1 aromatic carbocycles. The second-order valence-corrected chi connectivity index (χ2v) is 4.81. The highest BCUT2D eigenvalue weighted by Crippen LogP contribution is 2.12. The molecular formula is C16H16N4O. The molecule has 0 aliphatic heterocycles. The van der Waals surface area contributed by atoms with Gasteiger partial charge in [0.1, 0.15) is 0 Å². The molecule has 0 fully saturated rings. The molecule has 5 nitrogen and oxygen atoms in total. The zero-order chi connectivity index (χ0) is 14.5. The Kier molecular flexibility index (Phi) is 3.91. The molecule has 5 heteroatoms. The third kappa shape index (κ3) is 3.25. The molecule has 0 atom stereocenters. The maximum absolute atomic E-state index is 11.9. The summed E-state index contributed by atoms with van der Waals surface area (Å²) in [5.41, 5.74) is 2.10. The van der Waals surface area contributed by atoms with E-state index < -0.39 is 0 Å². The summed E-state index contributed by atoms with van der Waals surface area (Å²) >= 11 is 0. The topological polar surface area (TPSA) is 59.8 Å². The van der Waals surface area contributed by atoms with Gasteiger partial charge in [0.15, 0.2) is 0 Å². The number of amides is 1. The van der Waals surface area contributed by atoms with Crippen LogP contribution in [-0.4, -0.2) is 20.7 Å². The summed E-state index contributed by atoms with van der Waals surface area (Å²) in [5.74, 6) is 0.0198. The van der Waals surface area contributed by atoms with E-state index in [0.717, 1.165) is 16.5 Å². The molecule has 0 aliphatic carbocycles. The number of hydrogen-bond acceptors (Lipinski definition) is 3. The fourth-order valence-corrected chi connectivity index (χ4v) is 2.20. The first kappa shape index (κ1) is 13.3. The molecule has 0 saturated heterocycles. The van der Waals surface area contributed by atoms with E-state index in [1.165, 1.54) is 0 Å². The average Bonchev–Trinajstić information content (AvgIpc) is 2.95. The van der Waals surface area contributed by atoms with Crippen LogP contribution in [0.25, 0.3) is 10.9 Å². The predicted octanol–water partition coefficient (Wildman–Crippen LogP) is 2.14. The lowest BCUT2D eigenvalue weighted by atomic mass is 10.2. The van der Waals surface area contributed by atoms with Gasteiger partial charge in [-0.25, -0.2) is 0 Å². The van der Waals surface area contributed by atoms with Crippen molar-refractivity contribution < 1.29 is 4.79 Å². The monoisotopic (exact) mass is 280 g/mol. The maximum Gasteiger partial charge on any atom is 0.222 e. The Hall–Kier alpha value is -2.69. The van der Waals surface area contributed by atoms with Crippen molar-refractivity contribution in [3.63, 3.8) is 0 Å². The first-order chi connectivity index (χ1) is 10.3. The molecule has 1 amide bonds. The van der Waals surface area contributed by atoms with E-state index >= 15 is 0 Å². The number of nitrogens with zero attached hydrogens (tertiary/aromatic N) is 3. The van der Waals surface area contributed by atoms with Crippen LogP contribution in [0, 0.1) is 0 Å². The molecule has 0 saturated carbocycles. The molecule has 1 N–H and O–H groups in total. The highest BCUT2D eigenvalue weighted by Gasteiger charge is 2.05. The number of aryl methyl sites for hydroxylation is 1.